The highest BCUT2D eigenvalue weighted by atomic mass is 35.5. The van der Waals surface area contributed by atoms with Crippen LogP contribution in [0.3, 0.4) is 0 Å². The summed E-state index contributed by atoms with van der Waals surface area (Å²) in [4.78, 5) is 0. The van der Waals surface area contributed by atoms with E-state index in [9.17, 15) is 0 Å². The quantitative estimate of drug-likeness (QED) is 0.314. The average Bonchev–Trinajstić information content (AvgIpc) is 2.60. The van der Waals surface area contributed by atoms with Gasteiger partial charge in [-0.3, -0.25) is 0 Å². The second-order valence-corrected chi connectivity index (χ2v) is 8.29. The first-order valence-corrected chi connectivity index (χ1v) is 11.0. The van der Waals surface area contributed by atoms with Gasteiger partial charge < -0.3 is 5.73 Å². The Balaban J connectivity index is 0.00000529. The number of rotatable bonds is 14. The Labute approximate surface area is 159 Å². The molecule has 2 N–H and O–H groups in total. The summed E-state index contributed by atoms with van der Waals surface area (Å²) in [7, 11) is 0. The van der Waals surface area contributed by atoms with Crippen molar-refractivity contribution in [3.63, 3.8) is 0 Å². The molecule has 0 spiro atoms. The molecule has 1 fully saturated rings. The van der Waals surface area contributed by atoms with Crippen LogP contribution in [0.1, 0.15) is 129 Å². The zero-order valence-electron chi connectivity index (χ0n) is 16.8. The van der Waals surface area contributed by atoms with Crippen LogP contribution in [0, 0.1) is 5.92 Å². The van der Waals surface area contributed by atoms with Gasteiger partial charge in [-0.25, -0.2) is 0 Å². The predicted molar refractivity (Wildman–Crippen MR) is 112 cm³/mol. The van der Waals surface area contributed by atoms with Gasteiger partial charge >= 0.3 is 0 Å². The van der Waals surface area contributed by atoms with E-state index < -0.39 is 0 Å². The highest BCUT2D eigenvalue weighted by molar-refractivity contribution is 5.85. The molecule has 24 heavy (non-hydrogen) atoms. The van der Waals surface area contributed by atoms with Gasteiger partial charge in [-0.2, -0.15) is 0 Å². The molecule has 0 aromatic heterocycles. The Kier molecular flexibility index (Phi) is 15.7. The minimum atomic E-state index is 0. The van der Waals surface area contributed by atoms with Crippen LogP contribution in [0.2, 0.25) is 0 Å². The minimum Gasteiger partial charge on any atom is -0.325 e. The number of hydrogen-bond donors (Lipinski definition) is 1. The molecule has 1 rings (SSSR count). The second-order valence-electron chi connectivity index (χ2n) is 8.29. The van der Waals surface area contributed by atoms with Crippen LogP contribution in [0.4, 0.5) is 0 Å². The Morgan fingerprint density at radius 3 is 1.67 bits per heavy atom. The molecule has 0 heterocycles. The molecule has 0 aromatic rings. The molecule has 1 nitrogen and oxygen atoms in total. The Hall–Kier alpha value is 0.250. The molecule has 0 atom stereocenters. The Bertz CT molecular complexity index is 257. The molecule has 1 aliphatic carbocycles. The van der Waals surface area contributed by atoms with Crippen LogP contribution in [0.5, 0.6) is 0 Å². The van der Waals surface area contributed by atoms with E-state index in [-0.39, 0.29) is 17.9 Å². The van der Waals surface area contributed by atoms with Gasteiger partial charge in [0.15, 0.2) is 0 Å². The lowest BCUT2D eigenvalue weighted by Crippen LogP contribution is -2.38. The Morgan fingerprint density at radius 1 is 0.708 bits per heavy atom. The summed E-state index contributed by atoms with van der Waals surface area (Å²) in [6.45, 7) is 4.47. The van der Waals surface area contributed by atoms with Crippen molar-refractivity contribution in [2.24, 2.45) is 11.7 Å². The van der Waals surface area contributed by atoms with Crippen LogP contribution in [-0.4, -0.2) is 5.54 Å². The van der Waals surface area contributed by atoms with E-state index in [4.69, 9.17) is 5.73 Å². The molecule has 0 radical (unpaired) electrons. The molecule has 0 amide bonds. The summed E-state index contributed by atoms with van der Waals surface area (Å²) < 4.78 is 0. The summed E-state index contributed by atoms with van der Waals surface area (Å²) in [5, 5.41) is 0. The fourth-order valence-electron chi connectivity index (χ4n) is 4.23. The first kappa shape index (κ1) is 24.2. The van der Waals surface area contributed by atoms with Crippen molar-refractivity contribution in [1.82, 2.24) is 0 Å². The van der Waals surface area contributed by atoms with E-state index in [2.05, 4.69) is 13.8 Å². The number of hydrogen-bond acceptors (Lipinski definition) is 1. The molecule has 0 aromatic carbocycles. The third-order valence-electron chi connectivity index (χ3n) is 6.42. The van der Waals surface area contributed by atoms with Crippen molar-refractivity contribution >= 4 is 12.4 Å². The van der Waals surface area contributed by atoms with Crippen molar-refractivity contribution in [2.45, 2.75) is 135 Å². The number of halogens is 1. The van der Waals surface area contributed by atoms with E-state index in [1.165, 1.54) is 103 Å². The lowest BCUT2D eigenvalue weighted by atomic mass is 9.85. The molecule has 1 saturated carbocycles. The third kappa shape index (κ3) is 11.7. The fourth-order valence-corrected chi connectivity index (χ4v) is 4.23. The van der Waals surface area contributed by atoms with E-state index >= 15 is 0 Å². The first-order chi connectivity index (χ1) is 11.2. The monoisotopic (exact) mass is 359 g/mol. The van der Waals surface area contributed by atoms with Gasteiger partial charge in [0.05, 0.1) is 0 Å². The summed E-state index contributed by atoms with van der Waals surface area (Å²) in [6, 6.07) is 0. The Morgan fingerprint density at radius 2 is 1.17 bits per heavy atom. The fraction of sp³-hybridized carbons (Fsp3) is 1.00. The minimum absolute atomic E-state index is 0. The smallest absolute Gasteiger partial charge is 0.0149 e. The van der Waals surface area contributed by atoms with Gasteiger partial charge in [-0.05, 0) is 25.2 Å². The highest BCUT2D eigenvalue weighted by Crippen LogP contribution is 2.28. The molecular weight excluding hydrogens is 314 g/mol. The van der Waals surface area contributed by atoms with Crippen molar-refractivity contribution in [3.8, 4) is 0 Å². The number of nitrogens with two attached hydrogens (primary N) is 1. The van der Waals surface area contributed by atoms with Gasteiger partial charge in [-0.1, -0.05) is 110 Å². The standard InChI is InChI=1S/C22H45N.ClH/c1-3-22(23,4-2)20-16-11-9-7-5-6-8-10-13-17-21-18-14-12-15-19-21;/h21H,3-20,23H2,1-2H3;1H. The topological polar surface area (TPSA) is 26.0 Å². The molecule has 0 bridgehead atoms. The second kappa shape index (κ2) is 15.5. The summed E-state index contributed by atoms with van der Waals surface area (Å²) >= 11 is 0. The van der Waals surface area contributed by atoms with Crippen molar-refractivity contribution < 1.29 is 0 Å². The van der Waals surface area contributed by atoms with E-state index in [0.29, 0.717) is 0 Å². The van der Waals surface area contributed by atoms with Crippen LogP contribution >= 0.6 is 12.4 Å². The maximum atomic E-state index is 6.36. The summed E-state index contributed by atoms with van der Waals surface area (Å²) in [5.41, 5.74) is 6.48. The maximum absolute atomic E-state index is 6.36. The molecule has 0 unspecified atom stereocenters. The van der Waals surface area contributed by atoms with Gasteiger partial charge in [0.2, 0.25) is 0 Å². The summed E-state index contributed by atoms with van der Waals surface area (Å²) in [5.74, 6) is 1.09. The largest absolute Gasteiger partial charge is 0.325 e. The van der Waals surface area contributed by atoms with Gasteiger partial charge in [0.25, 0.3) is 0 Å². The highest BCUT2D eigenvalue weighted by Gasteiger charge is 2.18. The van der Waals surface area contributed by atoms with E-state index in [1.54, 1.807) is 0 Å². The lowest BCUT2D eigenvalue weighted by molar-refractivity contribution is 0.327. The zero-order chi connectivity index (χ0) is 16.8. The normalized spacial score (nSPS) is 16.1. The molecule has 146 valence electrons. The molecular formula is C22H46ClN. The number of unbranched alkanes of at least 4 members (excludes halogenated alkanes) is 8. The first-order valence-electron chi connectivity index (χ1n) is 11.0. The van der Waals surface area contributed by atoms with Gasteiger partial charge in [0.1, 0.15) is 0 Å². The van der Waals surface area contributed by atoms with Gasteiger partial charge in [0, 0.05) is 5.54 Å². The zero-order valence-corrected chi connectivity index (χ0v) is 17.6. The van der Waals surface area contributed by atoms with Gasteiger partial charge in [-0.15, -0.1) is 12.4 Å². The molecule has 1 aliphatic rings. The van der Waals surface area contributed by atoms with Crippen molar-refractivity contribution in [3.05, 3.63) is 0 Å². The van der Waals surface area contributed by atoms with Crippen LogP contribution < -0.4 is 5.73 Å². The average molecular weight is 360 g/mol. The SMILES string of the molecule is CCC(N)(CC)CCCCCCCCCCCC1CCCCC1.Cl. The molecule has 0 saturated heterocycles. The predicted octanol–water partition coefficient (Wildman–Crippen LogP) is 7.80. The van der Waals surface area contributed by atoms with Crippen molar-refractivity contribution in [1.29, 1.82) is 0 Å². The molecule has 0 aliphatic heterocycles. The van der Waals surface area contributed by atoms with Crippen LogP contribution in [-0.2, 0) is 0 Å². The van der Waals surface area contributed by atoms with E-state index in [1.807, 2.05) is 0 Å². The summed E-state index contributed by atoms with van der Waals surface area (Å²) in [6.07, 6.45) is 25.5. The van der Waals surface area contributed by atoms with Crippen LogP contribution in [0.15, 0.2) is 0 Å². The van der Waals surface area contributed by atoms with E-state index in [0.717, 1.165) is 18.8 Å². The maximum Gasteiger partial charge on any atom is 0.0149 e. The van der Waals surface area contributed by atoms with Crippen molar-refractivity contribution in [2.75, 3.05) is 0 Å². The van der Waals surface area contributed by atoms with Crippen LogP contribution in [0.25, 0.3) is 0 Å². The molecule has 2 heteroatoms. The third-order valence-corrected chi connectivity index (χ3v) is 6.42. The lowest BCUT2D eigenvalue weighted by Gasteiger charge is -2.26.